The number of rotatable bonds is 4. The van der Waals surface area contributed by atoms with Crippen molar-refractivity contribution >= 4 is 24.0 Å². The van der Waals surface area contributed by atoms with Crippen LogP contribution in [0.1, 0.15) is 35.9 Å². The van der Waals surface area contributed by atoms with Crippen LogP contribution in [-0.4, -0.2) is 35.8 Å². The van der Waals surface area contributed by atoms with E-state index in [-0.39, 0.29) is 0 Å². The molecule has 4 heteroatoms. The van der Waals surface area contributed by atoms with Gasteiger partial charge in [-0.15, -0.1) is 11.3 Å². The van der Waals surface area contributed by atoms with Crippen LogP contribution in [0.25, 0.3) is 0 Å². The van der Waals surface area contributed by atoms with E-state index in [4.69, 9.17) is 4.98 Å². The van der Waals surface area contributed by atoms with Gasteiger partial charge in [0.15, 0.2) is 0 Å². The van der Waals surface area contributed by atoms with E-state index in [1.807, 2.05) is 11.3 Å². The van der Waals surface area contributed by atoms with Crippen LogP contribution in [0.5, 0.6) is 0 Å². The minimum Gasteiger partial charge on any atom is -0.306 e. The highest BCUT2D eigenvalue weighted by atomic mass is 32.1. The molecule has 0 spiro atoms. The summed E-state index contributed by atoms with van der Waals surface area (Å²) in [6, 6.07) is 0. The highest BCUT2D eigenvalue weighted by Crippen LogP contribution is 2.27. The summed E-state index contributed by atoms with van der Waals surface area (Å²) in [6.07, 6.45) is 4.85. The van der Waals surface area contributed by atoms with Crippen molar-refractivity contribution in [1.29, 1.82) is 0 Å². The van der Waals surface area contributed by atoms with Crippen LogP contribution in [0.3, 0.4) is 0 Å². The molecule has 1 unspecified atom stereocenters. The lowest BCUT2D eigenvalue weighted by atomic mass is 9.96. The van der Waals surface area contributed by atoms with Crippen LogP contribution in [-0.2, 0) is 6.42 Å². The van der Waals surface area contributed by atoms with Crippen LogP contribution in [0.4, 0.5) is 0 Å². The second kappa shape index (κ2) is 6.03. The molecule has 0 radical (unpaired) electrons. The average Bonchev–Trinajstić information content (AvgIpc) is 2.75. The first-order chi connectivity index (χ1) is 7.79. The number of hydrogen-bond acceptors (Lipinski definition) is 4. The third-order valence-electron chi connectivity index (χ3n) is 3.16. The van der Waals surface area contributed by atoms with Crippen LogP contribution < -0.4 is 0 Å². The molecule has 1 atom stereocenters. The predicted molar refractivity (Wildman–Crippen MR) is 73.8 cm³/mol. The molecule has 2 heterocycles. The molecule has 1 fully saturated rings. The molecule has 90 valence electrons. The molecule has 0 aliphatic carbocycles. The van der Waals surface area contributed by atoms with E-state index in [0.717, 1.165) is 18.6 Å². The molecule has 2 nitrogen and oxygen atoms in total. The fourth-order valence-electron chi connectivity index (χ4n) is 2.27. The second-order valence-corrected chi connectivity index (χ2v) is 5.98. The van der Waals surface area contributed by atoms with Gasteiger partial charge in [-0.25, -0.2) is 4.98 Å². The molecule has 2 rings (SSSR count). The lowest BCUT2D eigenvalue weighted by molar-refractivity contribution is 0.249. The van der Waals surface area contributed by atoms with E-state index in [1.54, 1.807) is 0 Å². The van der Waals surface area contributed by atoms with E-state index in [1.165, 1.54) is 36.6 Å². The number of thiazole rings is 1. The zero-order chi connectivity index (χ0) is 11.4. The Bertz CT molecular complexity index is 325. The summed E-state index contributed by atoms with van der Waals surface area (Å²) in [7, 11) is 2.21. The van der Waals surface area contributed by atoms with Crippen LogP contribution >= 0.6 is 24.0 Å². The van der Waals surface area contributed by atoms with Crippen molar-refractivity contribution in [3.05, 3.63) is 16.1 Å². The van der Waals surface area contributed by atoms with Gasteiger partial charge in [-0.1, -0.05) is 0 Å². The van der Waals surface area contributed by atoms with Gasteiger partial charge in [-0.3, -0.25) is 0 Å². The number of nitrogens with zero attached hydrogens (tertiary/aromatic N) is 2. The average molecular weight is 256 g/mol. The monoisotopic (exact) mass is 256 g/mol. The number of hydrogen-bond donors (Lipinski definition) is 1. The number of aromatic nitrogens is 1. The minimum atomic E-state index is 0.666. The Balaban J connectivity index is 1.95. The fourth-order valence-corrected chi connectivity index (χ4v) is 3.35. The molecule has 0 N–H and O–H groups in total. The quantitative estimate of drug-likeness (QED) is 0.834. The van der Waals surface area contributed by atoms with Gasteiger partial charge in [-0.05, 0) is 38.6 Å². The fraction of sp³-hybridized carbons (Fsp3) is 0.750. The highest BCUT2D eigenvalue weighted by Gasteiger charge is 2.20. The van der Waals surface area contributed by atoms with Crippen molar-refractivity contribution in [3.63, 3.8) is 0 Å². The van der Waals surface area contributed by atoms with E-state index in [0.29, 0.717) is 5.92 Å². The van der Waals surface area contributed by atoms with Crippen molar-refractivity contribution in [1.82, 2.24) is 9.88 Å². The Morgan fingerprint density at radius 2 is 2.50 bits per heavy atom. The Hall–Kier alpha value is -0.0600. The van der Waals surface area contributed by atoms with Crippen LogP contribution in [0, 0.1) is 0 Å². The normalized spacial score (nSPS) is 22.5. The summed E-state index contributed by atoms with van der Waals surface area (Å²) >= 11 is 6.06. The van der Waals surface area contributed by atoms with Crippen molar-refractivity contribution in [2.24, 2.45) is 0 Å². The molecule has 0 aromatic carbocycles. The van der Waals surface area contributed by atoms with Crippen molar-refractivity contribution in [2.75, 3.05) is 25.9 Å². The van der Waals surface area contributed by atoms with Gasteiger partial charge < -0.3 is 4.90 Å². The van der Waals surface area contributed by atoms with Gasteiger partial charge in [-0.2, -0.15) is 12.6 Å². The third-order valence-corrected chi connectivity index (χ3v) is 4.40. The number of aryl methyl sites for hydroxylation is 1. The zero-order valence-corrected chi connectivity index (χ0v) is 11.6. The van der Waals surface area contributed by atoms with Gasteiger partial charge in [0.25, 0.3) is 0 Å². The standard InChI is InChI=1S/C12H20N2S2/c1-14-6-2-4-10(8-14)11-9-16-12(13-11)5-3-7-15/h9-10,15H,2-8H2,1H3. The van der Waals surface area contributed by atoms with Crippen molar-refractivity contribution in [3.8, 4) is 0 Å². The van der Waals surface area contributed by atoms with Gasteiger partial charge in [0.1, 0.15) is 0 Å². The van der Waals surface area contributed by atoms with Crippen LogP contribution in [0.2, 0.25) is 0 Å². The Morgan fingerprint density at radius 1 is 1.62 bits per heavy atom. The minimum absolute atomic E-state index is 0.666. The van der Waals surface area contributed by atoms with E-state index in [9.17, 15) is 0 Å². The largest absolute Gasteiger partial charge is 0.306 e. The molecule has 0 saturated carbocycles. The predicted octanol–water partition coefficient (Wildman–Crippen LogP) is 2.81. The Morgan fingerprint density at radius 3 is 3.25 bits per heavy atom. The first kappa shape index (κ1) is 12.4. The highest BCUT2D eigenvalue weighted by molar-refractivity contribution is 7.80. The molecular formula is C12H20N2S2. The second-order valence-electron chi connectivity index (χ2n) is 4.59. The van der Waals surface area contributed by atoms with Gasteiger partial charge >= 0.3 is 0 Å². The molecule has 1 aromatic heterocycles. The van der Waals surface area contributed by atoms with E-state index in [2.05, 4.69) is 30.0 Å². The first-order valence-corrected chi connectivity index (χ1v) is 7.54. The van der Waals surface area contributed by atoms with Gasteiger partial charge in [0, 0.05) is 24.3 Å². The summed E-state index contributed by atoms with van der Waals surface area (Å²) in [6.45, 7) is 2.42. The first-order valence-electron chi connectivity index (χ1n) is 6.03. The lowest BCUT2D eigenvalue weighted by Crippen LogP contribution is -2.30. The molecule has 1 aromatic rings. The maximum Gasteiger partial charge on any atom is 0.0928 e. The number of piperidine rings is 1. The Kier molecular flexibility index (Phi) is 4.67. The molecule has 0 bridgehead atoms. The van der Waals surface area contributed by atoms with E-state index < -0.39 is 0 Å². The summed E-state index contributed by atoms with van der Waals surface area (Å²) in [5.74, 6) is 1.63. The van der Waals surface area contributed by atoms with Crippen molar-refractivity contribution < 1.29 is 0 Å². The number of thiol groups is 1. The summed E-state index contributed by atoms with van der Waals surface area (Å²) in [5, 5.41) is 3.55. The summed E-state index contributed by atoms with van der Waals surface area (Å²) in [5.41, 5.74) is 1.32. The van der Waals surface area contributed by atoms with Gasteiger partial charge in [0.2, 0.25) is 0 Å². The third kappa shape index (κ3) is 3.22. The molecule has 16 heavy (non-hydrogen) atoms. The summed E-state index contributed by atoms with van der Waals surface area (Å²) in [4.78, 5) is 7.18. The maximum atomic E-state index is 4.76. The maximum absolute atomic E-state index is 4.76. The van der Waals surface area contributed by atoms with Crippen LogP contribution in [0.15, 0.2) is 5.38 Å². The van der Waals surface area contributed by atoms with Gasteiger partial charge in [0.05, 0.1) is 10.7 Å². The number of likely N-dealkylation sites (N-methyl/N-ethyl adjacent to an activating group) is 1. The molecule has 1 saturated heterocycles. The summed E-state index contributed by atoms with van der Waals surface area (Å²) < 4.78 is 0. The van der Waals surface area contributed by atoms with E-state index >= 15 is 0 Å². The molecular weight excluding hydrogens is 236 g/mol. The molecule has 0 amide bonds. The lowest BCUT2D eigenvalue weighted by Gasteiger charge is -2.28. The van der Waals surface area contributed by atoms with Crippen molar-refractivity contribution in [2.45, 2.75) is 31.6 Å². The Labute approximate surface area is 107 Å². The SMILES string of the molecule is CN1CCCC(c2csc(CCCS)n2)C1. The smallest absolute Gasteiger partial charge is 0.0928 e. The zero-order valence-electron chi connectivity index (χ0n) is 9.85. The molecule has 1 aliphatic heterocycles. The topological polar surface area (TPSA) is 16.1 Å². The molecule has 1 aliphatic rings. The number of likely N-dealkylation sites (tertiary alicyclic amines) is 1.